The molecule has 2 amide bonds. The number of urea groups is 1. The molecule has 2 unspecified atom stereocenters. The predicted molar refractivity (Wildman–Crippen MR) is 76.8 cm³/mol. The van der Waals surface area contributed by atoms with Gasteiger partial charge in [0.1, 0.15) is 0 Å². The van der Waals surface area contributed by atoms with Crippen molar-refractivity contribution in [3.05, 3.63) is 35.4 Å². The standard InChI is InChI=1S/C15H22N2O3/c1-20-10-13(18)6-7-16-15(19)17-9-12-8-11-4-2-3-5-14(11)12/h2-5,12-13,18H,6-10H2,1H3,(H2,16,17,19). The number of amides is 2. The second-order valence-electron chi connectivity index (χ2n) is 5.13. The molecule has 2 rings (SSSR count). The Morgan fingerprint density at radius 1 is 1.45 bits per heavy atom. The Hall–Kier alpha value is -1.59. The highest BCUT2D eigenvalue weighted by molar-refractivity contribution is 5.73. The van der Waals surface area contributed by atoms with E-state index in [9.17, 15) is 9.90 Å². The molecular formula is C15H22N2O3. The molecule has 0 fully saturated rings. The molecule has 110 valence electrons. The number of ether oxygens (including phenoxy) is 1. The zero-order valence-electron chi connectivity index (χ0n) is 11.8. The van der Waals surface area contributed by atoms with Crippen molar-refractivity contribution >= 4 is 6.03 Å². The van der Waals surface area contributed by atoms with Gasteiger partial charge in [-0.3, -0.25) is 0 Å². The third-order valence-electron chi connectivity index (χ3n) is 3.59. The summed E-state index contributed by atoms with van der Waals surface area (Å²) in [7, 11) is 1.54. The third-order valence-corrected chi connectivity index (χ3v) is 3.59. The predicted octanol–water partition coefficient (Wildman–Crippen LogP) is 1.02. The molecule has 0 radical (unpaired) electrons. The second-order valence-corrected chi connectivity index (χ2v) is 5.13. The molecule has 5 heteroatoms. The minimum atomic E-state index is -0.529. The number of carbonyl (C=O) groups excluding carboxylic acids is 1. The molecule has 0 aromatic heterocycles. The molecule has 0 heterocycles. The summed E-state index contributed by atoms with van der Waals surface area (Å²) in [6, 6.07) is 8.13. The molecular weight excluding hydrogens is 256 g/mol. The van der Waals surface area contributed by atoms with Crippen molar-refractivity contribution in [2.75, 3.05) is 26.8 Å². The van der Waals surface area contributed by atoms with Crippen molar-refractivity contribution in [3.63, 3.8) is 0 Å². The van der Waals surface area contributed by atoms with Crippen LogP contribution in [0.5, 0.6) is 0 Å². The molecule has 20 heavy (non-hydrogen) atoms. The molecule has 0 spiro atoms. The van der Waals surface area contributed by atoms with Gasteiger partial charge >= 0.3 is 6.03 Å². The van der Waals surface area contributed by atoms with Crippen LogP contribution in [-0.2, 0) is 11.2 Å². The van der Waals surface area contributed by atoms with Crippen molar-refractivity contribution in [3.8, 4) is 0 Å². The fourth-order valence-corrected chi connectivity index (χ4v) is 2.45. The summed E-state index contributed by atoms with van der Waals surface area (Å²) in [5.74, 6) is 0.427. The number of hydrogen-bond donors (Lipinski definition) is 3. The first-order valence-electron chi connectivity index (χ1n) is 6.97. The van der Waals surface area contributed by atoms with Crippen LogP contribution >= 0.6 is 0 Å². The first-order chi connectivity index (χ1) is 9.70. The van der Waals surface area contributed by atoms with Gasteiger partial charge in [-0.2, -0.15) is 0 Å². The number of benzene rings is 1. The first kappa shape index (κ1) is 14.8. The van der Waals surface area contributed by atoms with Gasteiger partial charge in [-0.15, -0.1) is 0 Å². The Kier molecular flexibility index (Phi) is 5.38. The fourth-order valence-electron chi connectivity index (χ4n) is 2.45. The van der Waals surface area contributed by atoms with E-state index in [4.69, 9.17) is 4.74 Å². The highest BCUT2D eigenvalue weighted by Gasteiger charge is 2.25. The lowest BCUT2D eigenvalue weighted by Gasteiger charge is -2.30. The maximum Gasteiger partial charge on any atom is 0.314 e. The van der Waals surface area contributed by atoms with Crippen molar-refractivity contribution in [1.82, 2.24) is 10.6 Å². The molecule has 0 bridgehead atoms. The summed E-state index contributed by atoms with van der Waals surface area (Å²) in [6.45, 7) is 1.39. The van der Waals surface area contributed by atoms with Gasteiger partial charge in [0, 0.05) is 26.1 Å². The fraction of sp³-hybridized carbons (Fsp3) is 0.533. The zero-order chi connectivity index (χ0) is 14.4. The normalized spacial score (nSPS) is 17.8. The maximum absolute atomic E-state index is 11.6. The highest BCUT2D eigenvalue weighted by atomic mass is 16.5. The van der Waals surface area contributed by atoms with Crippen LogP contribution in [-0.4, -0.2) is 44.0 Å². The lowest BCUT2D eigenvalue weighted by Crippen LogP contribution is -2.40. The van der Waals surface area contributed by atoms with Crippen LogP contribution in [0.3, 0.4) is 0 Å². The molecule has 0 saturated carbocycles. The van der Waals surface area contributed by atoms with Gasteiger partial charge < -0.3 is 20.5 Å². The van der Waals surface area contributed by atoms with Crippen LogP contribution in [0.4, 0.5) is 4.79 Å². The molecule has 5 nitrogen and oxygen atoms in total. The average molecular weight is 278 g/mol. The molecule has 0 aliphatic heterocycles. The van der Waals surface area contributed by atoms with Gasteiger partial charge in [0.25, 0.3) is 0 Å². The lowest BCUT2D eigenvalue weighted by molar-refractivity contribution is 0.0598. The largest absolute Gasteiger partial charge is 0.391 e. The summed E-state index contributed by atoms with van der Waals surface area (Å²) in [5, 5.41) is 15.0. The first-order valence-corrected chi connectivity index (χ1v) is 6.97. The number of methoxy groups -OCH3 is 1. The minimum Gasteiger partial charge on any atom is -0.391 e. The number of aliphatic hydroxyl groups excluding tert-OH is 1. The van der Waals surface area contributed by atoms with Gasteiger partial charge in [0.15, 0.2) is 0 Å². The Labute approximate surface area is 119 Å². The summed E-state index contributed by atoms with van der Waals surface area (Å²) in [5.41, 5.74) is 2.71. The van der Waals surface area contributed by atoms with Crippen molar-refractivity contribution < 1.29 is 14.6 Å². The van der Waals surface area contributed by atoms with Crippen LogP contribution in [0, 0.1) is 0 Å². The van der Waals surface area contributed by atoms with E-state index in [1.54, 1.807) is 7.11 Å². The van der Waals surface area contributed by atoms with E-state index in [2.05, 4.69) is 22.8 Å². The molecule has 0 saturated heterocycles. The average Bonchev–Trinajstić information content (AvgIpc) is 2.40. The van der Waals surface area contributed by atoms with Crippen LogP contribution in [0.2, 0.25) is 0 Å². The Bertz CT molecular complexity index is 450. The molecule has 1 aromatic rings. The number of fused-ring (bicyclic) bond motifs is 1. The van der Waals surface area contributed by atoms with E-state index in [0.29, 0.717) is 32.0 Å². The van der Waals surface area contributed by atoms with Gasteiger partial charge in [-0.1, -0.05) is 24.3 Å². The van der Waals surface area contributed by atoms with Gasteiger partial charge in [0.05, 0.1) is 12.7 Å². The number of aliphatic hydroxyl groups is 1. The van der Waals surface area contributed by atoms with E-state index in [0.717, 1.165) is 6.42 Å². The highest BCUT2D eigenvalue weighted by Crippen LogP contribution is 2.33. The van der Waals surface area contributed by atoms with Gasteiger partial charge in [-0.05, 0) is 24.0 Å². The maximum atomic E-state index is 11.6. The SMILES string of the molecule is COCC(O)CCNC(=O)NCC1Cc2ccccc21. The summed E-state index contributed by atoms with van der Waals surface area (Å²) in [6.07, 6.45) is 0.995. The van der Waals surface area contributed by atoms with Crippen molar-refractivity contribution in [1.29, 1.82) is 0 Å². The molecule has 1 aromatic carbocycles. The smallest absolute Gasteiger partial charge is 0.314 e. The zero-order valence-corrected chi connectivity index (χ0v) is 11.8. The summed E-state index contributed by atoms with van der Waals surface area (Å²) < 4.78 is 4.82. The van der Waals surface area contributed by atoms with Crippen LogP contribution < -0.4 is 10.6 Å². The third kappa shape index (κ3) is 3.95. The molecule has 1 aliphatic carbocycles. The summed E-state index contributed by atoms with van der Waals surface area (Å²) >= 11 is 0. The monoisotopic (exact) mass is 278 g/mol. The summed E-state index contributed by atoms with van der Waals surface area (Å²) in [4.78, 5) is 11.6. The van der Waals surface area contributed by atoms with Crippen molar-refractivity contribution in [2.45, 2.75) is 24.9 Å². The molecule has 1 aliphatic rings. The van der Waals surface area contributed by atoms with E-state index < -0.39 is 6.10 Å². The molecule has 2 atom stereocenters. The number of nitrogens with one attached hydrogen (secondary N) is 2. The van der Waals surface area contributed by atoms with Crippen LogP contribution in [0.1, 0.15) is 23.5 Å². The van der Waals surface area contributed by atoms with E-state index in [1.807, 2.05) is 12.1 Å². The number of hydrogen-bond acceptors (Lipinski definition) is 3. The van der Waals surface area contributed by atoms with E-state index >= 15 is 0 Å². The second kappa shape index (κ2) is 7.26. The Morgan fingerprint density at radius 3 is 3.00 bits per heavy atom. The Morgan fingerprint density at radius 2 is 2.25 bits per heavy atom. The number of rotatable bonds is 7. The van der Waals surface area contributed by atoms with E-state index in [1.165, 1.54) is 11.1 Å². The minimum absolute atomic E-state index is 0.181. The Balaban J connectivity index is 1.60. The van der Waals surface area contributed by atoms with Crippen molar-refractivity contribution in [2.24, 2.45) is 0 Å². The quantitative estimate of drug-likeness (QED) is 0.697. The van der Waals surface area contributed by atoms with Gasteiger partial charge in [-0.25, -0.2) is 4.79 Å². The van der Waals surface area contributed by atoms with E-state index in [-0.39, 0.29) is 6.03 Å². The lowest BCUT2D eigenvalue weighted by atomic mass is 9.78. The van der Waals surface area contributed by atoms with Crippen LogP contribution in [0.15, 0.2) is 24.3 Å². The van der Waals surface area contributed by atoms with Gasteiger partial charge in [0.2, 0.25) is 0 Å². The van der Waals surface area contributed by atoms with Crippen LogP contribution in [0.25, 0.3) is 0 Å². The molecule has 3 N–H and O–H groups in total. The topological polar surface area (TPSA) is 70.6 Å². The number of carbonyl (C=O) groups is 1.